The molecule has 0 saturated heterocycles. The number of rotatable bonds is 4. The Kier molecular flexibility index (Phi) is 3.90. The molecule has 1 aromatic rings. The molecular weight excluding hydrogens is 170 g/mol. The van der Waals surface area contributed by atoms with Gasteiger partial charge in [-0.3, -0.25) is 0 Å². The first-order chi connectivity index (χ1) is 6.66. The van der Waals surface area contributed by atoms with Gasteiger partial charge in [0, 0.05) is 6.04 Å². The third-order valence-corrected chi connectivity index (χ3v) is 2.73. The molecule has 0 bridgehead atoms. The fourth-order valence-corrected chi connectivity index (χ4v) is 1.63. The van der Waals surface area contributed by atoms with E-state index in [1.54, 1.807) is 0 Å². The highest BCUT2D eigenvalue weighted by atomic mass is 14.6. The lowest BCUT2D eigenvalue weighted by Crippen LogP contribution is -2.11. The topological polar surface area (TPSA) is 26.0 Å². The predicted molar refractivity (Wildman–Crippen MR) is 62.3 cm³/mol. The van der Waals surface area contributed by atoms with Crippen LogP contribution >= 0.6 is 0 Å². The van der Waals surface area contributed by atoms with Crippen LogP contribution in [0.1, 0.15) is 35.6 Å². The van der Waals surface area contributed by atoms with E-state index in [0.717, 1.165) is 12.8 Å². The summed E-state index contributed by atoms with van der Waals surface area (Å²) in [7, 11) is 0. The van der Waals surface area contributed by atoms with Crippen molar-refractivity contribution in [3.8, 4) is 0 Å². The summed E-state index contributed by atoms with van der Waals surface area (Å²) in [5.74, 6) is 0. The summed E-state index contributed by atoms with van der Waals surface area (Å²) >= 11 is 0. The molecule has 0 aliphatic heterocycles. The van der Waals surface area contributed by atoms with Crippen molar-refractivity contribution in [2.24, 2.45) is 5.73 Å². The zero-order valence-electron chi connectivity index (χ0n) is 9.09. The molecule has 1 rings (SSSR count). The van der Waals surface area contributed by atoms with Crippen molar-refractivity contribution in [1.82, 2.24) is 0 Å². The Morgan fingerprint density at radius 3 is 2.79 bits per heavy atom. The Morgan fingerprint density at radius 2 is 2.14 bits per heavy atom. The van der Waals surface area contributed by atoms with Gasteiger partial charge in [-0.25, -0.2) is 0 Å². The van der Waals surface area contributed by atoms with Crippen molar-refractivity contribution in [3.05, 3.63) is 47.5 Å². The van der Waals surface area contributed by atoms with Crippen LogP contribution in [0.3, 0.4) is 0 Å². The molecule has 2 N–H and O–H groups in total. The van der Waals surface area contributed by atoms with E-state index < -0.39 is 0 Å². The van der Waals surface area contributed by atoms with E-state index in [9.17, 15) is 0 Å². The first-order valence-corrected chi connectivity index (χ1v) is 5.09. The number of hydrogen-bond acceptors (Lipinski definition) is 1. The van der Waals surface area contributed by atoms with Crippen LogP contribution in [0.25, 0.3) is 0 Å². The summed E-state index contributed by atoms with van der Waals surface area (Å²) in [5, 5.41) is 0. The molecule has 0 aliphatic carbocycles. The Morgan fingerprint density at radius 1 is 1.43 bits per heavy atom. The molecule has 0 spiro atoms. The van der Waals surface area contributed by atoms with E-state index in [-0.39, 0.29) is 6.04 Å². The largest absolute Gasteiger partial charge is 0.324 e. The third-order valence-electron chi connectivity index (χ3n) is 2.73. The summed E-state index contributed by atoms with van der Waals surface area (Å²) in [5.41, 5.74) is 10.0. The highest BCUT2D eigenvalue weighted by Gasteiger charge is 2.08. The minimum atomic E-state index is 0.146. The Hall–Kier alpha value is -1.08. The third kappa shape index (κ3) is 2.46. The molecule has 0 saturated carbocycles. The van der Waals surface area contributed by atoms with E-state index in [0.29, 0.717) is 0 Å². The fraction of sp³-hybridized carbons (Fsp3) is 0.385. The van der Waals surface area contributed by atoms with Crippen LogP contribution < -0.4 is 5.73 Å². The van der Waals surface area contributed by atoms with Gasteiger partial charge in [0.25, 0.3) is 0 Å². The van der Waals surface area contributed by atoms with Gasteiger partial charge in [-0.2, -0.15) is 0 Å². The molecule has 0 fully saturated rings. The molecule has 1 unspecified atom stereocenters. The van der Waals surface area contributed by atoms with Crippen molar-refractivity contribution in [3.63, 3.8) is 0 Å². The van der Waals surface area contributed by atoms with E-state index in [4.69, 9.17) is 5.73 Å². The first-order valence-electron chi connectivity index (χ1n) is 5.09. The minimum Gasteiger partial charge on any atom is -0.324 e. The van der Waals surface area contributed by atoms with Crippen LogP contribution in [-0.4, -0.2) is 0 Å². The van der Waals surface area contributed by atoms with Gasteiger partial charge in [0.05, 0.1) is 0 Å². The van der Waals surface area contributed by atoms with E-state index >= 15 is 0 Å². The molecule has 1 aromatic carbocycles. The van der Waals surface area contributed by atoms with E-state index in [1.807, 2.05) is 6.08 Å². The molecular formula is C13H19N. The average molecular weight is 189 g/mol. The maximum absolute atomic E-state index is 6.10. The van der Waals surface area contributed by atoms with E-state index in [2.05, 4.69) is 38.6 Å². The predicted octanol–water partition coefficient (Wildman–Crippen LogP) is 3.27. The zero-order valence-corrected chi connectivity index (χ0v) is 9.09. The van der Waals surface area contributed by atoms with Crippen molar-refractivity contribution in [2.75, 3.05) is 0 Å². The highest BCUT2D eigenvalue weighted by Crippen LogP contribution is 2.21. The number of allylic oxidation sites excluding steroid dienone is 1. The molecule has 1 heteroatoms. The number of benzene rings is 1. The number of nitrogens with two attached hydrogens (primary N) is 1. The molecule has 0 amide bonds. The van der Waals surface area contributed by atoms with Crippen molar-refractivity contribution >= 4 is 0 Å². The molecule has 76 valence electrons. The van der Waals surface area contributed by atoms with Crippen molar-refractivity contribution in [2.45, 2.75) is 32.7 Å². The van der Waals surface area contributed by atoms with E-state index in [1.165, 1.54) is 16.7 Å². The fourth-order valence-electron chi connectivity index (χ4n) is 1.63. The SMILES string of the molecule is C=CCCC(N)c1cccc(C)c1C. The number of aryl methyl sites for hydroxylation is 1. The molecule has 1 atom stereocenters. The molecule has 14 heavy (non-hydrogen) atoms. The van der Waals surface area contributed by atoms with Crippen molar-refractivity contribution < 1.29 is 0 Å². The zero-order chi connectivity index (χ0) is 10.6. The normalized spacial score (nSPS) is 12.5. The number of hydrogen-bond donors (Lipinski definition) is 1. The smallest absolute Gasteiger partial charge is 0.0300 e. The Bertz CT molecular complexity index is 315. The second-order valence-electron chi connectivity index (χ2n) is 3.76. The minimum absolute atomic E-state index is 0.146. The molecule has 0 aliphatic rings. The summed E-state index contributed by atoms with van der Waals surface area (Å²) in [6.07, 6.45) is 3.88. The van der Waals surface area contributed by atoms with Crippen LogP contribution in [0.5, 0.6) is 0 Å². The van der Waals surface area contributed by atoms with Gasteiger partial charge in [0.15, 0.2) is 0 Å². The second kappa shape index (κ2) is 4.97. The Balaban J connectivity index is 2.83. The lowest BCUT2D eigenvalue weighted by Gasteiger charge is -2.15. The molecule has 1 nitrogen and oxygen atoms in total. The summed E-state index contributed by atoms with van der Waals surface area (Å²) in [6, 6.07) is 6.47. The highest BCUT2D eigenvalue weighted by molar-refractivity contribution is 5.35. The van der Waals surface area contributed by atoms with Crippen LogP contribution in [0.4, 0.5) is 0 Å². The monoisotopic (exact) mass is 189 g/mol. The van der Waals surface area contributed by atoms with Gasteiger partial charge in [0.1, 0.15) is 0 Å². The van der Waals surface area contributed by atoms with Crippen LogP contribution in [-0.2, 0) is 0 Å². The molecule has 0 heterocycles. The summed E-state index contributed by atoms with van der Waals surface area (Å²) in [6.45, 7) is 7.97. The lowest BCUT2D eigenvalue weighted by atomic mass is 9.95. The first kappa shape index (κ1) is 11.0. The Labute approximate surface area is 86.6 Å². The standard InChI is InChI=1S/C13H19N/c1-4-5-9-13(14)12-8-6-7-10(2)11(12)3/h4,6-8,13H,1,5,9,14H2,2-3H3. The van der Waals surface area contributed by atoms with Crippen molar-refractivity contribution in [1.29, 1.82) is 0 Å². The summed E-state index contributed by atoms with van der Waals surface area (Å²) in [4.78, 5) is 0. The summed E-state index contributed by atoms with van der Waals surface area (Å²) < 4.78 is 0. The maximum Gasteiger partial charge on any atom is 0.0300 e. The van der Waals surface area contributed by atoms with Gasteiger partial charge < -0.3 is 5.73 Å². The van der Waals surface area contributed by atoms with Crippen LogP contribution in [0.15, 0.2) is 30.9 Å². The quantitative estimate of drug-likeness (QED) is 0.723. The van der Waals surface area contributed by atoms with Gasteiger partial charge >= 0.3 is 0 Å². The second-order valence-corrected chi connectivity index (χ2v) is 3.76. The van der Waals surface area contributed by atoms with Gasteiger partial charge in [-0.05, 0) is 43.4 Å². The van der Waals surface area contributed by atoms with Gasteiger partial charge in [-0.15, -0.1) is 6.58 Å². The lowest BCUT2D eigenvalue weighted by molar-refractivity contribution is 0.657. The molecule has 0 aromatic heterocycles. The maximum atomic E-state index is 6.10. The van der Waals surface area contributed by atoms with Gasteiger partial charge in [-0.1, -0.05) is 24.3 Å². The average Bonchev–Trinajstić information content (AvgIpc) is 2.18. The van der Waals surface area contributed by atoms with Gasteiger partial charge in [0.2, 0.25) is 0 Å². The molecule has 0 radical (unpaired) electrons. The van der Waals surface area contributed by atoms with Crippen LogP contribution in [0.2, 0.25) is 0 Å². The van der Waals surface area contributed by atoms with Crippen LogP contribution in [0, 0.1) is 13.8 Å².